The van der Waals surface area contributed by atoms with E-state index in [2.05, 4.69) is 5.32 Å². The Morgan fingerprint density at radius 3 is 3.06 bits per heavy atom. The summed E-state index contributed by atoms with van der Waals surface area (Å²) in [7, 11) is 1.62. The molecule has 3 N–H and O–H groups in total. The summed E-state index contributed by atoms with van der Waals surface area (Å²) < 4.78 is 5.29. The second-order valence-corrected chi connectivity index (χ2v) is 3.63. The molecule has 0 atom stereocenters. The van der Waals surface area contributed by atoms with E-state index in [9.17, 15) is 4.79 Å². The number of carbonyl (C=O) groups is 1. The molecule has 16 heavy (non-hydrogen) atoms. The number of hydrogen-bond donors (Lipinski definition) is 2. The average molecular weight is 218 g/mol. The lowest BCUT2D eigenvalue weighted by Gasteiger charge is -2.22. The molecule has 1 aromatic carbocycles. The van der Waals surface area contributed by atoms with Crippen molar-refractivity contribution in [2.45, 2.75) is 6.42 Å². The van der Waals surface area contributed by atoms with Crippen LogP contribution in [0.25, 0.3) is 5.70 Å². The van der Waals surface area contributed by atoms with Gasteiger partial charge in [-0.3, -0.25) is 4.79 Å². The van der Waals surface area contributed by atoms with E-state index < -0.39 is 5.91 Å². The third-order valence-electron chi connectivity index (χ3n) is 2.60. The first kappa shape index (κ1) is 10.5. The van der Waals surface area contributed by atoms with Crippen LogP contribution in [-0.2, 0) is 11.2 Å². The van der Waals surface area contributed by atoms with Crippen molar-refractivity contribution in [1.82, 2.24) is 5.32 Å². The maximum Gasteiger partial charge on any atom is 0.243 e. The Balaban J connectivity index is 2.55. The Kier molecular flexibility index (Phi) is 2.81. The minimum absolute atomic E-state index is 0.457. The van der Waals surface area contributed by atoms with Gasteiger partial charge in [0, 0.05) is 18.2 Å². The SMILES string of the molecule is COc1cccc2c1/C(=C/C(N)=O)NCC2. The van der Waals surface area contributed by atoms with Gasteiger partial charge in [-0.15, -0.1) is 0 Å². The molecule has 0 radical (unpaired) electrons. The highest BCUT2D eigenvalue weighted by molar-refractivity contribution is 5.95. The number of carbonyl (C=O) groups excluding carboxylic acids is 1. The standard InChI is InChI=1S/C12H14N2O2/c1-16-10-4-2-3-8-5-6-14-9(12(8)10)7-11(13)15/h2-4,7,14H,5-6H2,1H3,(H2,13,15)/b9-7-. The van der Waals surface area contributed by atoms with Gasteiger partial charge in [0.2, 0.25) is 5.91 Å². The van der Waals surface area contributed by atoms with E-state index in [0.717, 1.165) is 30.0 Å². The van der Waals surface area contributed by atoms with Crippen LogP contribution < -0.4 is 15.8 Å². The molecule has 0 saturated heterocycles. The van der Waals surface area contributed by atoms with Gasteiger partial charge in [0.05, 0.1) is 12.8 Å². The summed E-state index contributed by atoms with van der Waals surface area (Å²) in [6.07, 6.45) is 2.32. The van der Waals surface area contributed by atoms with Gasteiger partial charge >= 0.3 is 0 Å². The monoisotopic (exact) mass is 218 g/mol. The van der Waals surface area contributed by atoms with Crippen LogP contribution in [0, 0.1) is 0 Å². The fourth-order valence-corrected chi connectivity index (χ4v) is 1.95. The number of methoxy groups -OCH3 is 1. The van der Waals surface area contributed by atoms with Crippen LogP contribution in [0.3, 0.4) is 0 Å². The fraction of sp³-hybridized carbons (Fsp3) is 0.250. The number of benzene rings is 1. The number of fused-ring (bicyclic) bond motifs is 1. The lowest BCUT2D eigenvalue weighted by atomic mass is 9.96. The molecule has 0 aromatic heterocycles. The molecule has 0 saturated carbocycles. The summed E-state index contributed by atoms with van der Waals surface area (Å²) in [5.41, 5.74) is 8.03. The molecule has 1 aliphatic heterocycles. The molecule has 84 valence electrons. The molecule has 1 aliphatic rings. The predicted molar refractivity (Wildman–Crippen MR) is 61.9 cm³/mol. The molecule has 4 heteroatoms. The number of ether oxygens (including phenoxy) is 1. The zero-order chi connectivity index (χ0) is 11.5. The van der Waals surface area contributed by atoms with Gasteiger partial charge in [0.25, 0.3) is 0 Å². The van der Waals surface area contributed by atoms with Gasteiger partial charge in [-0.1, -0.05) is 12.1 Å². The van der Waals surface area contributed by atoms with E-state index in [1.165, 1.54) is 11.6 Å². The number of primary amides is 1. The van der Waals surface area contributed by atoms with Gasteiger partial charge in [-0.25, -0.2) is 0 Å². The van der Waals surface area contributed by atoms with Crippen LogP contribution >= 0.6 is 0 Å². The zero-order valence-electron chi connectivity index (χ0n) is 9.12. The minimum atomic E-state index is -0.457. The van der Waals surface area contributed by atoms with Crippen LogP contribution in [0.1, 0.15) is 11.1 Å². The first-order valence-electron chi connectivity index (χ1n) is 5.13. The molecule has 2 rings (SSSR count). The Hall–Kier alpha value is -1.97. The Bertz CT molecular complexity index is 438. The molecule has 0 fully saturated rings. The lowest BCUT2D eigenvalue weighted by molar-refractivity contribution is -0.113. The number of nitrogens with two attached hydrogens (primary N) is 1. The van der Waals surface area contributed by atoms with Crippen LogP contribution in [0.15, 0.2) is 24.3 Å². The molecule has 1 heterocycles. The molecule has 1 amide bonds. The summed E-state index contributed by atoms with van der Waals surface area (Å²) in [4.78, 5) is 10.9. The quantitative estimate of drug-likeness (QED) is 0.717. The minimum Gasteiger partial charge on any atom is -0.496 e. The van der Waals surface area contributed by atoms with Gasteiger partial charge in [-0.05, 0) is 18.1 Å². The van der Waals surface area contributed by atoms with E-state index in [1.54, 1.807) is 7.11 Å². The number of rotatable bonds is 2. The van der Waals surface area contributed by atoms with Crippen molar-refractivity contribution in [3.8, 4) is 5.75 Å². The largest absolute Gasteiger partial charge is 0.496 e. The number of amides is 1. The average Bonchev–Trinajstić information content (AvgIpc) is 2.28. The van der Waals surface area contributed by atoms with Crippen molar-refractivity contribution in [1.29, 1.82) is 0 Å². The van der Waals surface area contributed by atoms with Crippen LogP contribution in [0.4, 0.5) is 0 Å². The highest BCUT2D eigenvalue weighted by Crippen LogP contribution is 2.30. The normalized spacial score (nSPS) is 16.4. The first-order chi connectivity index (χ1) is 7.72. The van der Waals surface area contributed by atoms with E-state index >= 15 is 0 Å². The highest BCUT2D eigenvalue weighted by Gasteiger charge is 2.18. The van der Waals surface area contributed by atoms with Crippen molar-refractivity contribution in [2.24, 2.45) is 5.73 Å². The second-order valence-electron chi connectivity index (χ2n) is 3.63. The summed E-state index contributed by atoms with van der Waals surface area (Å²) in [5, 5.41) is 3.16. The van der Waals surface area contributed by atoms with Crippen LogP contribution in [0.2, 0.25) is 0 Å². The predicted octanol–water partition coefficient (Wildman–Crippen LogP) is 0.667. The van der Waals surface area contributed by atoms with Crippen molar-refractivity contribution in [3.63, 3.8) is 0 Å². The summed E-state index contributed by atoms with van der Waals surface area (Å²) in [6.45, 7) is 0.805. The first-order valence-corrected chi connectivity index (χ1v) is 5.13. The summed E-state index contributed by atoms with van der Waals surface area (Å²) in [6, 6.07) is 5.86. The molecule has 1 aromatic rings. The summed E-state index contributed by atoms with van der Waals surface area (Å²) in [5.74, 6) is 0.304. The smallest absolute Gasteiger partial charge is 0.243 e. The van der Waals surface area contributed by atoms with Gasteiger partial charge in [-0.2, -0.15) is 0 Å². The zero-order valence-corrected chi connectivity index (χ0v) is 9.12. The van der Waals surface area contributed by atoms with Crippen molar-refractivity contribution in [2.75, 3.05) is 13.7 Å². The van der Waals surface area contributed by atoms with Crippen molar-refractivity contribution < 1.29 is 9.53 Å². The maximum absolute atomic E-state index is 10.9. The van der Waals surface area contributed by atoms with E-state index in [0.29, 0.717) is 0 Å². The number of hydrogen-bond acceptors (Lipinski definition) is 3. The van der Waals surface area contributed by atoms with Gasteiger partial charge < -0.3 is 15.8 Å². The van der Waals surface area contributed by atoms with Crippen LogP contribution in [0.5, 0.6) is 5.75 Å². The Morgan fingerprint density at radius 2 is 2.38 bits per heavy atom. The molecular formula is C12H14N2O2. The molecule has 0 unspecified atom stereocenters. The second kappa shape index (κ2) is 4.26. The number of nitrogens with one attached hydrogen (secondary N) is 1. The van der Waals surface area contributed by atoms with E-state index in [4.69, 9.17) is 10.5 Å². The van der Waals surface area contributed by atoms with Crippen molar-refractivity contribution >= 4 is 11.6 Å². The van der Waals surface area contributed by atoms with E-state index in [1.807, 2.05) is 18.2 Å². The Labute approximate surface area is 94.1 Å². The van der Waals surface area contributed by atoms with Crippen molar-refractivity contribution in [3.05, 3.63) is 35.4 Å². The van der Waals surface area contributed by atoms with Gasteiger partial charge in [0.15, 0.2) is 0 Å². The molecule has 0 bridgehead atoms. The van der Waals surface area contributed by atoms with E-state index in [-0.39, 0.29) is 0 Å². The summed E-state index contributed by atoms with van der Waals surface area (Å²) >= 11 is 0. The van der Waals surface area contributed by atoms with Gasteiger partial charge in [0.1, 0.15) is 5.75 Å². The molecular weight excluding hydrogens is 204 g/mol. The van der Waals surface area contributed by atoms with Crippen LogP contribution in [-0.4, -0.2) is 19.6 Å². The molecule has 0 spiro atoms. The fourth-order valence-electron chi connectivity index (χ4n) is 1.95. The lowest BCUT2D eigenvalue weighted by Crippen LogP contribution is -2.24. The maximum atomic E-state index is 10.9. The Morgan fingerprint density at radius 1 is 1.56 bits per heavy atom. The molecule has 0 aliphatic carbocycles. The highest BCUT2D eigenvalue weighted by atomic mass is 16.5. The third kappa shape index (κ3) is 1.86. The molecule has 4 nitrogen and oxygen atoms in total. The third-order valence-corrected chi connectivity index (χ3v) is 2.60. The topological polar surface area (TPSA) is 64.3 Å².